The fourth-order valence-corrected chi connectivity index (χ4v) is 2.11. The third kappa shape index (κ3) is 9.48. The van der Waals surface area contributed by atoms with Crippen LogP contribution in [0.2, 0.25) is 0 Å². The van der Waals surface area contributed by atoms with Crippen LogP contribution in [0, 0.1) is 0 Å². The van der Waals surface area contributed by atoms with Crippen molar-refractivity contribution >= 4 is 54.9 Å². The van der Waals surface area contributed by atoms with Crippen LogP contribution in [0.5, 0.6) is 0 Å². The van der Waals surface area contributed by atoms with E-state index < -0.39 is 54.3 Å². The Morgan fingerprint density at radius 3 is 1.96 bits per heavy atom. The quantitative estimate of drug-likeness (QED) is 0.158. The van der Waals surface area contributed by atoms with E-state index in [4.69, 9.17) is 15.9 Å². The predicted octanol–water partition coefficient (Wildman–Crippen LogP) is -2.79. The van der Waals surface area contributed by atoms with E-state index in [2.05, 4.69) is 41.2 Å². The molecular formula is C13H22N4O7S2. The van der Waals surface area contributed by atoms with Gasteiger partial charge in [0.15, 0.2) is 0 Å². The van der Waals surface area contributed by atoms with Gasteiger partial charge in [0, 0.05) is 17.9 Å². The molecular weight excluding hydrogens is 388 g/mol. The number of amides is 3. The van der Waals surface area contributed by atoms with Gasteiger partial charge in [0.05, 0.1) is 12.6 Å². The lowest BCUT2D eigenvalue weighted by molar-refractivity contribution is -0.141. The van der Waals surface area contributed by atoms with E-state index in [0.717, 1.165) is 0 Å². The van der Waals surface area contributed by atoms with Crippen LogP contribution in [0.1, 0.15) is 12.8 Å². The summed E-state index contributed by atoms with van der Waals surface area (Å²) in [6.07, 6.45) is -0.386. The van der Waals surface area contributed by atoms with Gasteiger partial charge in [-0.05, 0) is 6.42 Å². The first-order chi connectivity index (χ1) is 12.1. The molecule has 0 radical (unpaired) electrons. The molecule has 0 saturated heterocycles. The number of nitrogens with two attached hydrogens (primary N) is 1. The predicted molar refractivity (Wildman–Crippen MR) is 97.1 cm³/mol. The second kappa shape index (κ2) is 12.4. The van der Waals surface area contributed by atoms with E-state index in [1.165, 1.54) is 0 Å². The molecule has 0 aliphatic rings. The Balaban J connectivity index is 4.45. The molecule has 0 spiro atoms. The Morgan fingerprint density at radius 1 is 0.923 bits per heavy atom. The Labute approximate surface area is 160 Å². The van der Waals surface area contributed by atoms with Crippen molar-refractivity contribution < 1.29 is 34.2 Å². The monoisotopic (exact) mass is 410 g/mol. The van der Waals surface area contributed by atoms with Crippen molar-refractivity contribution in [3.05, 3.63) is 0 Å². The molecule has 0 aliphatic carbocycles. The summed E-state index contributed by atoms with van der Waals surface area (Å²) in [5, 5.41) is 24.1. The van der Waals surface area contributed by atoms with Crippen LogP contribution in [0.15, 0.2) is 0 Å². The van der Waals surface area contributed by atoms with Gasteiger partial charge in [0.25, 0.3) is 0 Å². The first-order valence-corrected chi connectivity index (χ1v) is 8.68. The topological polar surface area (TPSA) is 188 Å². The van der Waals surface area contributed by atoms with Gasteiger partial charge in [-0.2, -0.15) is 25.3 Å². The molecule has 3 amide bonds. The van der Waals surface area contributed by atoms with Crippen molar-refractivity contribution in [1.29, 1.82) is 0 Å². The molecule has 26 heavy (non-hydrogen) atoms. The third-order valence-electron chi connectivity index (χ3n) is 3.06. The molecule has 0 aromatic rings. The first kappa shape index (κ1) is 24.0. The zero-order valence-electron chi connectivity index (χ0n) is 13.7. The molecule has 7 N–H and O–H groups in total. The van der Waals surface area contributed by atoms with Gasteiger partial charge in [0.2, 0.25) is 17.7 Å². The molecule has 11 nitrogen and oxygen atoms in total. The van der Waals surface area contributed by atoms with E-state index in [9.17, 15) is 24.0 Å². The van der Waals surface area contributed by atoms with Gasteiger partial charge in [-0.25, -0.2) is 4.79 Å². The molecule has 3 unspecified atom stereocenters. The number of thiol groups is 2. The van der Waals surface area contributed by atoms with Crippen LogP contribution in [0.4, 0.5) is 0 Å². The molecule has 0 fully saturated rings. The average molecular weight is 410 g/mol. The smallest absolute Gasteiger partial charge is 0.327 e. The van der Waals surface area contributed by atoms with Crippen LogP contribution in [-0.4, -0.2) is 76.0 Å². The molecule has 0 aromatic carbocycles. The minimum atomic E-state index is -1.28. The summed E-state index contributed by atoms with van der Waals surface area (Å²) in [6, 6.07) is -3.43. The van der Waals surface area contributed by atoms with Gasteiger partial charge < -0.3 is 31.9 Å². The fraction of sp³-hybridized carbons (Fsp3) is 0.615. The first-order valence-electron chi connectivity index (χ1n) is 7.41. The van der Waals surface area contributed by atoms with Crippen molar-refractivity contribution in [1.82, 2.24) is 16.0 Å². The number of hydrogen-bond acceptors (Lipinski definition) is 8. The molecule has 148 valence electrons. The summed E-state index contributed by atoms with van der Waals surface area (Å²) < 4.78 is 0. The molecule has 0 heterocycles. The second-order valence-corrected chi connectivity index (χ2v) is 5.87. The lowest BCUT2D eigenvalue weighted by Gasteiger charge is -2.19. The number of aliphatic carboxylic acids is 2. The molecule has 0 bridgehead atoms. The summed E-state index contributed by atoms with van der Waals surface area (Å²) in [6.45, 7) is -0.494. The van der Waals surface area contributed by atoms with E-state index >= 15 is 0 Å². The lowest BCUT2D eigenvalue weighted by Crippen LogP contribution is -2.54. The van der Waals surface area contributed by atoms with Gasteiger partial charge in [-0.1, -0.05) is 0 Å². The van der Waals surface area contributed by atoms with E-state index in [0.29, 0.717) is 0 Å². The fourth-order valence-electron chi connectivity index (χ4n) is 1.61. The summed E-state index contributed by atoms with van der Waals surface area (Å²) >= 11 is 7.72. The molecule has 0 aliphatic heterocycles. The summed E-state index contributed by atoms with van der Waals surface area (Å²) in [5.74, 6) is -4.83. The minimum Gasteiger partial charge on any atom is -0.481 e. The van der Waals surface area contributed by atoms with Crippen molar-refractivity contribution in [2.45, 2.75) is 31.0 Å². The van der Waals surface area contributed by atoms with Crippen LogP contribution < -0.4 is 21.7 Å². The summed E-state index contributed by atoms with van der Waals surface area (Å²) in [7, 11) is 0. The minimum absolute atomic E-state index is 0.0925. The Kier molecular flexibility index (Phi) is 11.4. The molecule has 3 atom stereocenters. The average Bonchev–Trinajstić information content (AvgIpc) is 2.59. The second-order valence-electron chi connectivity index (χ2n) is 5.14. The van der Waals surface area contributed by atoms with E-state index in [1.54, 1.807) is 0 Å². The van der Waals surface area contributed by atoms with Gasteiger partial charge >= 0.3 is 11.9 Å². The maximum atomic E-state index is 11.9. The van der Waals surface area contributed by atoms with Gasteiger partial charge in [-0.15, -0.1) is 0 Å². The van der Waals surface area contributed by atoms with E-state index in [1.807, 2.05) is 0 Å². The van der Waals surface area contributed by atoms with Gasteiger partial charge in [-0.3, -0.25) is 19.2 Å². The van der Waals surface area contributed by atoms with Crippen LogP contribution >= 0.6 is 25.3 Å². The van der Waals surface area contributed by atoms with Crippen LogP contribution in [0.3, 0.4) is 0 Å². The normalized spacial score (nSPS) is 13.8. The van der Waals surface area contributed by atoms with Crippen molar-refractivity contribution in [3.63, 3.8) is 0 Å². The number of nitrogens with one attached hydrogen (secondary N) is 3. The molecule has 13 heteroatoms. The molecule has 0 saturated carbocycles. The van der Waals surface area contributed by atoms with E-state index in [-0.39, 0.29) is 24.3 Å². The highest BCUT2D eigenvalue weighted by molar-refractivity contribution is 7.80. The highest BCUT2D eigenvalue weighted by atomic mass is 32.1. The SMILES string of the molecule is NC(CCC(=O)O)C(=O)NCC(=O)NC(CS)C(=O)NC(CS)C(=O)O. The number of carboxylic acids is 2. The number of carbonyl (C=O) groups excluding carboxylic acids is 3. The third-order valence-corrected chi connectivity index (χ3v) is 3.79. The molecule has 0 aromatic heterocycles. The summed E-state index contributed by atoms with van der Waals surface area (Å²) in [5.41, 5.74) is 5.48. The summed E-state index contributed by atoms with van der Waals surface area (Å²) in [4.78, 5) is 56.7. The van der Waals surface area contributed by atoms with Crippen molar-refractivity contribution in [2.24, 2.45) is 5.73 Å². The lowest BCUT2D eigenvalue weighted by atomic mass is 10.1. The number of hydrogen-bond donors (Lipinski definition) is 8. The Morgan fingerprint density at radius 2 is 1.50 bits per heavy atom. The highest BCUT2D eigenvalue weighted by Crippen LogP contribution is 1.96. The maximum absolute atomic E-state index is 11.9. The van der Waals surface area contributed by atoms with Crippen molar-refractivity contribution in [2.75, 3.05) is 18.1 Å². The number of rotatable bonds is 12. The standard InChI is InChI=1S/C13H22N4O7S2/c14-6(1-2-10(19)20)11(21)15-3-9(18)16-7(4-25)12(22)17-8(5-26)13(23)24/h6-8,25-26H,1-5,14H2,(H,15,21)(H,16,18)(H,17,22)(H,19,20)(H,23,24). The van der Waals surface area contributed by atoms with Crippen LogP contribution in [-0.2, 0) is 24.0 Å². The zero-order chi connectivity index (χ0) is 20.3. The number of carbonyl (C=O) groups is 5. The van der Waals surface area contributed by atoms with Crippen LogP contribution in [0.25, 0.3) is 0 Å². The highest BCUT2D eigenvalue weighted by Gasteiger charge is 2.25. The molecule has 0 rings (SSSR count). The Hall–Kier alpha value is -1.99. The maximum Gasteiger partial charge on any atom is 0.327 e. The Bertz CT molecular complexity index is 547. The largest absolute Gasteiger partial charge is 0.481 e. The van der Waals surface area contributed by atoms with Crippen molar-refractivity contribution in [3.8, 4) is 0 Å². The van der Waals surface area contributed by atoms with Gasteiger partial charge in [0.1, 0.15) is 12.1 Å². The zero-order valence-corrected chi connectivity index (χ0v) is 15.5. The number of carboxylic acid groups (broad SMARTS) is 2.